The molecule has 0 aliphatic rings. The Labute approximate surface area is 70.7 Å². The zero-order chi connectivity index (χ0) is 8.43. The summed E-state index contributed by atoms with van der Waals surface area (Å²) < 4.78 is 0. The van der Waals surface area contributed by atoms with Crippen LogP contribution in [0.2, 0.25) is 6.82 Å². The van der Waals surface area contributed by atoms with Gasteiger partial charge in [-0.05, 0) is 13.8 Å². The van der Waals surface area contributed by atoms with Crippen LogP contribution < -0.4 is 10.9 Å². The van der Waals surface area contributed by atoms with E-state index < -0.39 is 0 Å². The summed E-state index contributed by atoms with van der Waals surface area (Å²) >= 11 is 0. The van der Waals surface area contributed by atoms with E-state index in [4.69, 9.17) is 0 Å². The van der Waals surface area contributed by atoms with Gasteiger partial charge in [0.15, 0.2) is 7.28 Å². The molecule has 0 fully saturated rings. The minimum atomic E-state index is 1.15. The van der Waals surface area contributed by atoms with Crippen LogP contribution >= 0.6 is 0 Å². The Morgan fingerprint density at radius 3 is 2.36 bits per heavy atom. The van der Waals surface area contributed by atoms with E-state index in [1.807, 2.05) is 0 Å². The fraction of sp³-hybridized carbons (Fsp3) is 0.333. The average Bonchev–Trinajstić information content (AvgIpc) is 1.97. The second-order valence-electron chi connectivity index (χ2n) is 3.22. The van der Waals surface area contributed by atoms with Crippen LogP contribution in [0.15, 0.2) is 12.1 Å². The van der Waals surface area contributed by atoms with Gasteiger partial charge in [0.2, 0.25) is 0 Å². The summed E-state index contributed by atoms with van der Waals surface area (Å²) in [6, 6.07) is 4.57. The van der Waals surface area contributed by atoms with E-state index in [9.17, 15) is 0 Å². The zero-order valence-corrected chi connectivity index (χ0v) is 7.86. The first-order valence-electron chi connectivity index (χ1n) is 4.22. The lowest BCUT2D eigenvalue weighted by atomic mass is 9.68. The minimum Gasteiger partial charge on any atom is -0.0866 e. The fourth-order valence-electron chi connectivity index (χ4n) is 1.40. The zero-order valence-electron chi connectivity index (χ0n) is 7.86. The molecule has 0 radical (unpaired) electrons. The second kappa shape index (κ2) is 3.17. The Morgan fingerprint density at radius 1 is 1.18 bits per heavy atom. The van der Waals surface area contributed by atoms with Crippen molar-refractivity contribution in [3.8, 4) is 0 Å². The molecule has 0 N–H and O–H groups in total. The molecule has 0 saturated heterocycles. The Bertz CT molecular complexity index is 267. The molecule has 0 atom stereocenters. The predicted octanol–water partition coefficient (Wildman–Crippen LogP) is -0.328. The molecule has 0 saturated carbocycles. The van der Waals surface area contributed by atoms with E-state index in [2.05, 4.69) is 40.6 Å². The third-order valence-electron chi connectivity index (χ3n) is 2.33. The molecule has 56 valence electrons. The molecule has 1 aromatic carbocycles. The molecule has 0 aliphatic heterocycles. The van der Waals surface area contributed by atoms with Crippen LogP contribution in [0.25, 0.3) is 0 Å². The van der Waals surface area contributed by atoms with Gasteiger partial charge in [-0.1, -0.05) is 41.0 Å². The largest absolute Gasteiger partial charge is 0.154 e. The number of aryl methyl sites for hydroxylation is 2. The topological polar surface area (TPSA) is 0 Å². The van der Waals surface area contributed by atoms with Crippen molar-refractivity contribution in [3.05, 3.63) is 23.3 Å². The molecule has 0 bridgehead atoms. The highest BCUT2D eigenvalue weighted by molar-refractivity contribution is 6.53. The monoisotopic (exact) mass is 144 g/mol. The highest BCUT2D eigenvalue weighted by Gasteiger charge is 1.98. The summed E-state index contributed by atoms with van der Waals surface area (Å²) in [5, 5.41) is 0. The van der Waals surface area contributed by atoms with Crippen LogP contribution in [0, 0.1) is 13.8 Å². The first-order valence-corrected chi connectivity index (χ1v) is 4.22. The SMILES string of the molecule is Bc1cc(BC)c(C)cc1C. The molecule has 0 spiro atoms. The molecule has 1 rings (SSSR count). The van der Waals surface area contributed by atoms with Gasteiger partial charge < -0.3 is 0 Å². The average molecular weight is 144 g/mol. The summed E-state index contributed by atoms with van der Waals surface area (Å²) in [6.45, 7) is 6.56. The maximum Gasteiger partial charge on any atom is 0.154 e. The smallest absolute Gasteiger partial charge is 0.0866 e. The van der Waals surface area contributed by atoms with E-state index >= 15 is 0 Å². The van der Waals surface area contributed by atoms with Gasteiger partial charge >= 0.3 is 0 Å². The lowest BCUT2D eigenvalue weighted by Crippen LogP contribution is -2.22. The maximum absolute atomic E-state index is 2.30. The van der Waals surface area contributed by atoms with Gasteiger partial charge in [0, 0.05) is 0 Å². The number of hydrogen-bond donors (Lipinski definition) is 0. The van der Waals surface area contributed by atoms with Crippen LogP contribution in [0.3, 0.4) is 0 Å². The van der Waals surface area contributed by atoms with Gasteiger partial charge in [0.1, 0.15) is 7.85 Å². The Morgan fingerprint density at radius 2 is 1.82 bits per heavy atom. The van der Waals surface area contributed by atoms with Gasteiger partial charge in [0.25, 0.3) is 0 Å². The molecule has 1 aromatic rings. The third-order valence-corrected chi connectivity index (χ3v) is 2.33. The van der Waals surface area contributed by atoms with Crippen LogP contribution in [0.4, 0.5) is 0 Å². The molecule has 0 aromatic heterocycles. The van der Waals surface area contributed by atoms with Crippen molar-refractivity contribution in [2.75, 3.05) is 0 Å². The lowest BCUT2D eigenvalue weighted by Gasteiger charge is -2.06. The standard InChI is InChI=1S/C9H14B2/c1-6-4-7(2)9(11-3)5-8(6)10/h4-5,11H,10H2,1-3H3. The van der Waals surface area contributed by atoms with Crippen molar-refractivity contribution < 1.29 is 0 Å². The Kier molecular flexibility index (Phi) is 2.43. The van der Waals surface area contributed by atoms with Gasteiger partial charge in [-0.15, -0.1) is 0 Å². The summed E-state index contributed by atoms with van der Waals surface area (Å²) in [5.41, 5.74) is 5.72. The van der Waals surface area contributed by atoms with Crippen molar-refractivity contribution in [1.29, 1.82) is 0 Å². The van der Waals surface area contributed by atoms with Crippen LogP contribution in [0.5, 0.6) is 0 Å². The highest BCUT2D eigenvalue weighted by atomic mass is 14.0. The maximum atomic E-state index is 2.30. The van der Waals surface area contributed by atoms with Crippen molar-refractivity contribution >= 4 is 26.1 Å². The number of hydrogen-bond acceptors (Lipinski definition) is 0. The lowest BCUT2D eigenvalue weighted by molar-refractivity contribution is 1.44. The van der Waals surface area contributed by atoms with Crippen molar-refractivity contribution in [3.63, 3.8) is 0 Å². The molecule has 11 heavy (non-hydrogen) atoms. The van der Waals surface area contributed by atoms with Crippen molar-refractivity contribution in [1.82, 2.24) is 0 Å². The predicted molar refractivity (Wildman–Crippen MR) is 56.7 cm³/mol. The molecule has 0 amide bonds. The van der Waals surface area contributed by atoms with Gasteiger partial charge in [-0.2, -0.15) is 0 Å². The fourth-order valence-corrected chi connectivity index (χ4v) is 1.40. The summed E-state index contributed by atoms with van der Waals surface area (Å²) in [6.07, 6.45) is 0. The van der Waals surface area contributed by atoms with Crippen molar-refractivity contribution in [2.24, 2.45) is 0 Å². The van der Waals surface area contributed by atoms with E-state index in [0.717, 1.165) is 7.28 Å². The summed E-state index contributed by atoms with van der Waals surface area (Å²) in [4.78, 5) is 0. The third kappa shape index (κ3) is 1.68. The van der Waals surface area contributed by atoms with Crippen LogP contribution in [-0.2, 0) is 0 Å². The molecular formula is C9H14B2. The number of rotatable bonds is 1. The van der Waals surface area contributed by atoms with Crippen LogP contribution in [-0.4, -0.2) is 15.1 Å². The molecule has 0 aliphatic carbocycles. The van der Waals surface area contributed by atoms with E-state index in [0.29, 0.717) is 0 Å². The van der Waals surface area contributed by atoms with E-state index in [-0.39, 0.29) is 0 Å². The first kappa shape index (κ1) is 8.45. The summed E-state index contributed by atoms with van der Waals surface area (Å²) in [5.74, 6) is 0. The van der Waals surface area contributed by atoms with Gasteiger partial charge in [-0.25, -0.2) is 0 Å². The van der Waals surface area contributed by atoms with Gasteiger partial charge in [-0.3, -0.25) is 0 Å². The van der Waals surface area contributed by atoms with Crippen molar-refractivity contribution in [2.45, 2.75) is 20.7 Å². The molecular weight excluding hydrogens is 130 g/mol. The Balaban J connectivity index is 3.21. The normalized spacial score (nSPS) is 9.73. The van der Waals surface area contributed by atoms with Gasteiger partial charge in [0.05, 0.1) is 0 Å². The molecule has 0 unspecified atom stereocenters. The second-order valence-corrected chi connectivity index (χ2v) is 3.22. The number of benzene rings is 1. The molecule has 2 heteroatoms. The Hall–Kier alpha value is -0.650. The van der Waals surface area contributed by atoms with E-state index in [1.165, 1.54) is 22.1 Å². The quantitative estimate of drug-likeness (QED) is 0.473. The highest BCUT2D eigenvalue weighted by Crippen LogP contribution is 1.96. The molecule has 0 heterocycles. The minimum absolute atomic E-state index is 1.15. The summed E-state index contributed by atoms with van der Waals surface area (Å²) in [7, 11) is 3.32. The molecule has 0 nitrogen and oxygen atoms in total. The van der Waals surface area contributed by atoms with Crippen LogP contribution in [0.1, 0.15) is 11.1 Å². The van der Waals surface area contributed by atoms with E-state index in [1.54, 1.807) is 0 Å². The first-order chi connectivity index (χ1) is 5.15.